The number of carbonyl (C=O) groups is 1. The highest BCUT2D eigenvalue weighted by Gasteiger charge is 2.14. The predicted molar refractivity (Wildman–Crippen MR) is 72.0 cm³/mol. The lowest BCUT2D eigenvalue weighted by atomic mass is 9.94. The molecule has 0 saturated carbocycles. The Morgan fingerprint density at radius 3 is 2.06 bits per heavy atom. The van der Waals surface area contributed by atoms with Gasteiger partial charge in [-0.1, -0.05) is 45.9 Å². The van der Waals surface area contributed by atoms with Gasteiger partial charge in [-0.2, -0.15) is 0 Å². The van der Waals surface area contributed by atoms with E-state index in [-0.39, 0.29) is 0 Å². The molecule has 1 aromatic carbocycles. The second-order valence-electron chi connectivity index (χ2n) is 4.83. The van der Waals surface area contributed by atoms with Crippen LogP contribution in [0.25, 0.3) is 0 Å². The molecule has 0 aromatic heterocycles. The highest BCUT2D eigenvalue weighted by molar-refractivity contribution is 5.79. The Kier molecular flexibility index (Phi) is 4.95. The monoisotopic (exact) mass is 248 g/mol. The van der Waals surface area contributed by atoms with Crippen molar-refractivity contribution in [1.29, 1.82) is 0 Å². The Morgan fingerprint density at radius 2 is 1.67 bits per heavy atom. The molecule has 0 aliphatic heterocycles. The highest BCUT2D eigenvalue weighted by Crippen LogP contribution is 2.34. The average Bonchev–Trinajstić information content (AvgIpc) is 2.28. The van der Waals surface area contributed by atoms with Crippen molar-refractivity contribution in [3.8, 4) is 5.75 Å². The van der Waals surface area contributed by atoms with E-state index in [1.54, 1.807) is 0 Å². The molecule has 0 heterocycles. The molecule has 1 N–H and O–H groups in total. The summed E-state index contributed by atoms with van der Waals surface area (Å²) in [6, 6.07) is 6.04. The normalized spacial score (nSPS) is 11.4. The minimum Gasteiger partial charge on any atom is -0.478 e. The molecule has 3 heteroatoms. The quantitative estimate of drug-likeness (QED) is 0.634. The van der Waals surface area contributed by atoms with Crippen LogP contribution >= 0.6 is 0 Å². The molecule has 0 spiro atoms. The van der Waals surface area contributed by atoms with Gasteiger partial charge < -0.3 is 9.84 Å². The van der Waals surface area contributed by atoms with Gasteiger partial charge in [0.05, 0.1) is 12.3 Å². The van der Waals surface area contributed by atoms with Gasteiger partial charge in [0, 0.05) is 0 Å². The highest BCUT2D eigenvalue weighted by atomic mass is 16.5. The molecule has 3 nitrogen and oxygen atoms in total. The zero-order valence-corrected chi connectivity index (χ0v) is 11.3. The second kappa shape index (κ2) is 6.24. The van der Waals surface area contributed by atoms with Gasteiger partial charge in [0.1, 0.15) is 5.75 Å². The van der Waals surface area contributed by atoms with Crippen LogP contribution in [0.3, 0.4) is 0 Å². The van der Waals surface area contributed by atoms with Gasteiger partial charge in [0.25, 0.3) is 0 Å². The number of aliphatic carboxylic acids is 1. The van der Waals surface area contributed by atoms with Crippen LogP contribution < -0.4 is 4.74 Å². The van der Waals surface area contributed by atoms with Gasteiger partial charge in [-0.15, -0.1) is 0 Å². The summed E-state index contributed by atoms with van der Waals surface area (Å²) in [5.41, 5.74) is 2.19. The first-order valence-electron chi connectivity index (χ1n) is 6.12. The first-order chi connectivity index (χ1) is 8.43. The lowest BCUT2D eigenvalue weighted by molar-refractivity contribution is -0.131. The van der Waals surface area contributed by atoms with Crippen molar-refractivity contribution < 1.29 is 14.6 Å². The van der Waals surface area contributed by atoms with Gasteiger partial charge in [-0.3, -0.25) is 0 Å². The standard InChI is InChI=1S/C15H20O3/c1-10(2)12-6-5-7-13(11(3)4)15(12)18-9-8-14(16)17/h5-11H,1-4H3,(H,16,17). The third-order valence-corrected chi connectivity index (χ3v) is 2.72. The topological polar surface area (TPSA) is 46.5 Å². The maximum Gasteiger partial charge on any atom is 0.331 e. The molecule has 98 valence electrons. The fraction of sp³-hybridized carbons (Fsp3) is 0.400. The lowest BCUT2D eigenvalue weighted by Gasteiger charge is -2.17. The number of hydrogen-bond donors (Lipinski definition) is 1. The molecule has 0 fully saturated rings. The molecule has 0 bridgehead atoms. The third kappa shape index (κ3) is 3.62. The summed E-state index contributed by atoms with van der Waals surface area (Å²) in [5.74, 6) is 0.428. The SMILES string of the molecule is CC(C)c1cccc(C(C)C)c1OC=CC(=O)O. The van der Waals surface area contributed by atoms with Crippen molar-refractivity contribution in [2.75, 3.05) is 0 Å². The van der Waals surface area contributed by atoms with Crippen LogP contribution in [0.15, 0.2) is 30.5 Å². The van der Waals surface area contributed by atoms with Gasteiger partial charge in [0.15, 0.2) is 0 Å². The first kappa shape index (κ1) is 14.3. The van der Waals surface area contributed by atoms with Gasteiger partial charge in [0.2, 0.25) is 0 Å². The number of carboxylic acid groups (broad SMARTS) is 1. The van der Waals surface area contributed by atoms with E-state index in [1.165, 1.54) is 6.26 Å². The van der Waals surface area contributed by atoms with Gasteiger partial charge in [-0.05, 0) is 23.0 Å². The molecule has 0 atom stereocenters. The van der Waals surface area contributed by atoms with E-state index in [2.05, 4.69) is 27.7 Å². The molecule has 1 rings (SSSR count). The van der Waals surface area contributed by atoms with Crippen LogP contribution in [0, 0.1) is 0 Å². The van der Waals surface area contributed by atoms with Crippen molar-refractivity contribution >= 4 is 5.97 Å². The van der Waals surface area contributed by atoms with E-state index < -0.39 is 5.97 Å². The number of para-hydroxylation sites is 1. The minimum atomic E-state index is -1.01. The van der Waals surface area contributed by atoms with Gasteiger partial charge in [-0.25, -0.2) is 4.79 Å². The van der Waals surface area contributed by atoms with E-state index in [0.717, 1.165) is 23.0 Å². The zero-order valence-electron chi connectivity index (χ0n) is 11.3. The van der Waals surface area contributed by atoms with Crippen molar-refractivity contribution in [2.24, 2.45) is 0 Å². The van der Waals surface area contributed by atoms with Crippen LogP contribution in [0.4, 0.5) is 0 Å². The summed E-state index contributed by atoms with van der Waals surface area (Å²) in [6.45, 7) is 8.36. The fourth-order valence-corrected chi connectivity index (χ4v) is 1.78. The predicted octanol–water partition coefficient (Wildman–Crippen LogP) is 3.91. The summed E-state index contributed by atoms with van der Waals surface area (Å²) in [6.07, 6.45) is 2.23. The van der Waals surface area contributed by atoms with Crippen molar-refractivity contribution in [1.82, 2.24) is 0 Å². The Hall–Kier alpha value is -1.77. The van der Waals surface area contributed by atoms with Crippen LogP contribution in [0.2, 0.25) is 0 Å². The molecular formula is C15H20O3. The van der Waals surface area contributed by atoms with Crippen LogP contribution in [-0.2, 0) is 4.79 Å². The molecule has 0 amide bonds. The van der Waals surface area contributed by atoms with E-state index >= 15 is 0 Å². The molecule has 0 saturated heterocycles. The maximum absolute atomic E-state index is 10.5. The molecule has 18 heavy (non-hydrogen) atoms. The van der Waals surface area contributed by atoms with E-state index in [1.807, 2.05) is 18.2 Å². The zero-order chi connectivity index (χ0) is 13.7. The Balaban J connectivity index is 3.14. The number of carboxylic acids is 1. The molecule has 0 aliphatic rings. The average molecular weight is 248 g/mol. The van der Waals surface area contributed by atoms with Crippen LogP contribution in [-0.4, -0.2) is 11.1 Å². The summed E-state index contributed by atoms with van der Waals surface area (Å²) in [7, 11) is 0. The van der Waals surface area contributed by atoms with E-state index in [4.69, 9.17) is 9.84 Å². The number of hydrogen-bond acceptors (Lipinski definition) is 2. The summed E-state index contributed by atoms with van der Waals surface area (Å²) >= 11 is 0. The van der Waals surface area contributed by atoms with E-state index in [9.17, 15) is 4.79 Å². The fourth-order valence-electron chi connectivity index (χ4n) is 1.78. The van der Waals surface area contributed by atoms with E-state index in [0.29, 0.717) is 11.8 Å². The number of ether oxygens (including phenoxy) is 1. The van der Waals surface area contributed by atoms with Crippen molar-refractivity contribution in [3.05, 3.63) is 41.7 Å². The third-order valence-electron chi connectivity index (χ3n) is 2.72. The van der Waals surface area contributed by atoms with Crippen LogP contribution in [0.5, 0.6) is 5.75 Å². The first-order valence-corrected chi connectivity index (χ1v) is 6.12. The summed E-state index contributed by atoms with van der Waals surface area (Å²) in [5, 5.41) is 8.58. The van der Waals surface area contributed by atoms with Crippen molar-refractivity contribution in [2.45, 2.75) is 39.5 Å². The lowest BCUT2D eigenvalue weighted by Crippen LogP contribution is -2.00. The van der Waals surface area contributed by atoms with Crippen molar-refractivity contribution in [3.63, 3.8) is 0 Å². The second-order valence-corrected chi connectivity index (χ2v) is 4.83. The largest absolute Gasteiger partial charge is 0.478 e. The Morgan fingerprint density at radius 1 is 1.17 bits per heavy atom. The summed E-state index contributed by atoms with van der Waals surface area (Å²) in [4.78, 5) is 10.5. The molecule has 0 aliphatic carbocycles. The summed E-state index contributed by atoms with van der Waals surface area (Å²) < 4.78 is 5.54. The molecule has 0 radical (unpaired) electrons. The molecule has 1 aromatic rings. The Labute approximate surface area is 108 Å². The maximum atomic E-state index is 10.5. The molecule has 0 unspecified atom stereocenters. The minimum absolute atomic E-state index is 0.330. The van der Waals surface area contributed by atoms with Gasteiger partial charge >= 0.3 is 5.97 Å². The smallest absolute Gasteiger partial charge is 0.331 e. The number of rotatable bonds is 5. The molecular weight excluding hydrogens is 228 g/mol. The Bertz CT molecular complexity index is 419. The van der Waals surface area contributed by atoms with Crippen LogP contribution in [0.1, 0.15) is 50.7 Å². The number of benzene rings is 1.